The van der Waals surface area contributed by atoms with E-state index in [2.05, 4.69) is 59.1 Å². The second kappa shape index (κ2) is 12.9. The van der Waals surface area contributed by atoms with Gasteiger partial charge in [0, 0.05) is 81.0 Å². The minimum Gasteiger partial charge on any atom is -0.434 e. The number of anilines is 2. The number of nitrogens with zero attached hydrogens (tertiary/aromatic N) is 9. The summed E-state index contributed by atoms with van der Waals surface area (Å²) in [6.07, 6.45) is 11.5. The Morgan fingerprint density at radius 3 is 2.66 bits per heavy atom. The Bertz CT molecular complexity index is 1870. The summed E-state index contributed by atoms with van der Waals surface area (Å²) in [5.41, 5.74) is 2.45. The van der Waals surface area contributed by atoms with Gasteiger partial charge in [-0.2, -0.15) is 0 Å². The maximum Gasteiger partial charge on any atom is 0.295 e. The summed E-state index contributed by atoms with van der Waals surface area (Å²) in [5, 5.41) is 11.8. The van der Waals surface area contributed by atoms with Crippen molar-refractivity contribution >= 4 is 17.7 Å². The molecular weight excluding hydrogens is 639 g/mol. The smallest absolute Gasteiger partial charge is 0.295 e. The van der Waals surface area contributed by atoms with Crippen molar-refractivity contribution in [2.45, 2.75) is 64.0 Å². The maximum absolute atomic E-state index is 14.6. The Labute approximate surface area is 290 Å². The molecule has 1 spiro atoms. The van der Waals surface area contributed by atoms with E-state index in [1.54, 1.807) is 32.7 Å². The third-order valence-electron chi connectivity index (χ3n) is 10.7. The molecule has 1 N–H and O–H groups in total. The maximum atomic E-state index is 14.6. The normalized spacial score (nSPS) is 21.9. The van der Waals surface area contributed by atoms with Crippen LogP contribution in [-0.2, 0) is 0 Å². The van der Waals surface area contributed by atoms with Crippen LogP contribution < -0.4 is 15.0 Å². The summed E-state index contributed by atoms with van der Waals surface area (Å²) in [7, 11) is 3.39. The fraction of sp³-hybridized carbons (Fsp3) is 0.528. The van der Waals surface area contributed by atoms with Crippen molar-refractivity contribution in [3.05, 3.63) is 60.5 Å². The summed E-state index contributed by atoms with van der Waals surface area (Å²) in [4.78, 5) is 36.2. The van der Waals surface area contributed by atoms with Crippen LogP contribution in [0.15, 0.2) is 47.7 Å². The molecule has 0 unspecified atom stereocenters. The predicted molar refractivity (Wildman–Crippen MR) is 183 cm³/mol. The molecule has 50 heavy (non-hydrogen) atoms. The third-order valence-corrected chi connectivity index (χ3v) is 10.7. The Morgan fingerprint density at radius 2 is 1.90 bits per heavy atom. The van der Waals surface area contributed by atoms with Crippen molar-refractivity contribution in [2.24, 2.45) is 17.3 Å². The molecule has 4 fully saturated rings. The molecule has 14 heteroatoms. The molecule has 4 aromatic rings. The SMILES string of the molecule is CC(C)[C@H](C1CC(Nc2ncc(C(=O)N(C)C)o2)C1)N1CC2(CCN(c3ncnnc3Oc3ccc(F)cc3-c3cncnc3C3CC3)C2)C1. The molecule has 2 aliphatic carbocycles. The molecule has 1 atom stereocenters. The molecule has 2 saturated heterocycles. The number of hydrogen-bond donors (Lipinski definition) is 1. The lowest BCUT2D eigenvalue weighted by molar-refractivity contribution is -0.0657. The minimum absolute atomic E-state index is 0.172. The molecule has 4 aliphatic rings. The highest BCUT2D eigenvalue weighted by molar-refractivity contribution is 5.91. The topological polar surface area (TPSA) is 139 Å². The van der Waals surface area contributed by atoms with E-state index >= 15 is 0 Å². The van der Waals surface area contributed by atoms with E-state index in [4.69, 9.17) is 9.15 Å². The molecule has 5 heterocycles. The Balaban J connectivity index is 0.912. The highest BCUT2D eigenvalue weighted by Gasteiger charge is 2.53. The lowest BCUT2D eigenvalue weighted by Crippen LogP contribution is -2.65. The van der Waals surface area contributed by atoms with E-state index in [0.29, 0.717) is 52.8 Å². The molecule has 0 radical (unpaired) electrons. The first-order valence-electron chi connectivity index (χ1n) is 17.5. The Kier molecular flexibility index (Phi) is 8.36. The Morgan fingerprint density at radius 1 is 1.08 bits per heavy atom. The number of benzene rings is 1. The number of ether oxygens (including phenoxy) is 1. The van der Waals surface area contributed by atoms with Crippen LogP contribution in [0.3, 0.4) is 0 Å². The van der Waals surface area contributed by atoms with Crippen molar-refractivity contribution in [2.75, 3.05) is 50.5 Å². The van der Waals surface area contributed by atoms with E-state index in [0.717, 1.165) is 69.5 Å². The molecule has 1 aromatic carbocycles. The zero-order valence-corrected chi connectivity index (χ0v) is 28.9. The summed E-state index contributed by atoms with van der Waals surface area (Å²) in [5.74, 6) is 2.55. The highest BCUT2D eigenvalue weighted by Crippen LogP contribution is 2.49. The average Bonchev–Trinajstić information content (AvgIpc) is 3.65. The van der Waals surface area contributed by atoms with Crippen LogP contribution in [-0.4, -0.2) is 98.2 Å². The van der Waals surface area contributed by atoms with E-state index in [1.165, 1.54) is 29.6 Å². The predicted octanol–water partition coefficient (Wildman–Crippen LogP) is 5.25. The van der Waals surface area contributed by atoms with E-state index in [1.807, 2.05) is 0 Å². The third kappa shape index (κ3) is 6.25. The van der Waals surface area contributed by atoms with Gasteiger partial charge in [-0.25, -0.2) is 24.3 Å². The summed E-state index contributed by atoms with van der Waals surface area (Å²) in [6, 6.07) is 5.66. The second-order valence-corrected chi connectivity index (χ2v) is 15.0. The van der Waals surface area contributed by atoms with Crippen LogP contribution in [0.2, 0.25) is 0 Å². The lowest BCUT2D eigenvalue weighted by atomic mass is 9.68. The number of halogens is 1. The molecule has 13 nitrogen and oxygen atoms in total. The van der Waals surface area contributed by atoms with E-state index in [-0.39, 0.29) is 28.9 Å². The molecule has 262 valence electrons. The molecular formula is C36H43FN10O3. The van der Waals surface area contributed by atoms with Crippen molar-refractivity contribution in [3.63, 3.8) is 0 Å². The van der Waals surface area contributed by atoms with Crippen LogP contribution >= 0.6 is 0 Å². The van der Waals surface area contributed by atoms with Crippen LogP contribution in [0.5, 0.6) is 11.6 Å². The first-order valence-corrected chi connectivity index (χ1v) is 17.5. The van der Waals surface area contributed by atoms with Gasteiger partial charge in [0.15, 0.2) is 5.82 Å². The van der Waals surface area contributed by atoms with Gasteiger partial charge in [0.05, 0.1) is 11.9 Å². The fourth-order valence-electron chi connectivity index (χ4n) is 8.23. The number of rotatable bonds is 11. The highest BCUT2D eigenvalue weighted by atomic mass is 19.1. The van der Waals surface area contributed by atoms with E-state index < -0.39 is 0 Å². The minimum atomic E-state index is -0.360. The number of hydrogen-bond acceptors (Lipinski definition) is 12. The van der Waals surface area contributed by atoms with Crippen molar-refractivity contribution < 1.29 is 18.3 Å². The number of carbonyl (C=O) groups is 1. The van der Waals surface area contributed by atoms with Crippen LogP contribution in [0.1, 0.15) is 68.1 Å². The number of carbonyl (C=O) groups excluding carboxylic acids is 1. The second-order valence-electron chi connectivity index (χ2n) is 15.0. The van der Waals surface area contributed by atoms with Crippen LogP contribution in [0.4, 0.5) is 16.2 Å². The first-order chi connectivity index (χ1) is 24.2. The summed E-state index contributed by atoms with van der Waals surface area (Å²) < 4.78 is 26.6. The van der Waals surface area contributed by atoms with E-state index in [9.17, 15) is 9.18 Å². The van der Waals surface area contributed by atoms with Gasteiger partial charge in [0.1, 0.15) is 24.2 Å². The monoisotopic (exact) mass is 682 g/mol. The molecule has 8 rings (SSSR count). The van der Waals surface area contributed by atoms with Crippen LogP contribution in [0, 0.1) is 23.1 Å². The van der Waals surface area contributed by atoms with Gasteiger partial charge in [-0.05, 0) is 62.1 Å². The number of oxazole rings is 1. The number of amides is 1. The first kappa shape index (κ1) is 32.5. The Hall–Kier alpha value is -4.72. The lowest BCUT2D eigenvalue weighted by Gasteiger charge is -2.56. The fourth-order valence-corrected chi connectivity index (χ4v) is 8.23. The average molecular weight is 683 g/mol. The molecule has 2 aliphatic heterocycles. The van der Waals surface area contributed by atoms with Crippen LogP contribution in [0.25, 0.3) is 11.1 Å². The van der Waals surface area contributed by atoms with Gasteiger partial charge in [-0.1, -0.05) is 13.8 Å². The van der Waals surface area contributed by atoms with Gasteiger partial charge < -0.3 is 24.3 Å². The summed E-state index contributed by atoms with van der Waals surface area (Å²) in [6.45, 7) is 8.40. The van der Waals surface area contributed by atoms with Gasteiger partial charge in [-0.3, -0.25) is 9.69 Å². The molecule has 1 amide bonds. The quantitative estimate of drug-likeness (QED) is 0.221. The number of likely N-dealkylation sites (tertiary alicyclic amines) is 1. The standard InChI is InChI=1S/C36H43FN10O3/c1-21(2)31(23-11-25(12-23)43-35-39-15-29(50-35)34(48)45(3)4)47-17-36(18-47)9-10-46(16-36)32-33(44-42-20-41-32)49-28-8-7-24(37)13-26(28)27-14-38-19-40-30(27)22-5-6-22/h7-8,13-15,19-23,25,31H,5-6,9-12,16-18H2,1-4H3,(H,39,43)/t23?,25?,31-/m1/s1. The van der Waals surface area contributed by atoms with Crippen molar-refractivity contribution in [1.29, 1.82) is 0 Å². The molecule has 3 aromatic heterocycles. The van der Waals surface area contributed by atoms with Gasteiger partial charge in [0.25, 0.3) is 17.8 Å². The zero-order valence-electron chi connectivity index (χ0n) is 28.9. The molecule has 0 bridgehead atoms. The zero-order chi connectivity index (χ0) is 34.6. The molecule has 2 saturated carbocycles. The van der Waals surface area contributed by atoms with Crippen molar-refractivity contribution in [1.82, 2.24) is 39.9 Å². The van der Waals surface area contributed by atoms with Gasteiger partial charge >= 0.3 is 0 Å². The van der Waals surface area contributed by atoms with Gasteiger partial charge in [-0.15, -0.1) is 10.2 Å². The largest absolute Gasteiger partial charge is 0.434 e. The number of aromatic nitrogens is 6. The summed E-state index contributed by atoms with van der Waals surface area (Å²) >= 11 is 0. The number of nitrogens with one attached hydrogen (secondary N) is 1. The van der Waals surface area contributed by atoms with Gasteiger partial charge in [0.2, 0.25) is 5.76 Å². The van der Waals surface area contributed by atoms with Crippen molar-refractivity contribution in [3.8, 4) is 22.8 Å².